The highest BCUT2D eigenvalue weighted by Crippen LogP contribution is 2.69. The minimum Gasteiger partial charge on any atom is -0.390 e. The number of rotatable bonds is 4. The van der Waals surface area contributed by atoms with Crippen molar-refractivity contribution in [1.29, 1.82) is 0 Å². The van der Waals surface area contributed by atoms with Gasteiger partial charge < -0.3 is 5.11 Å². The molecule has 0 aliphatic heterocycles. The maximum absolute atomic E-state index is 13.6. The maximum atomic E-state index is 13.6. The van der Waals surface area contributed by atoms with Crippen LogP contribution in [0, 0.1) is 40.4 Å². The third-order valence-corrected chi connectivity index (χ3v) is 11.3. The Labute approximate surface area is 203 Å². The molecule has 0 unspecified atom stereocenters. The molecule has 5 heteroatoms. The lowest BCUT2D eigenvalue weighted by molar-refractivity contribution is -0.158. The molecule has 4 aliphatic rings. The van der Waals surface area contributed by atoms with E-state index in [1.165, 1.54) is 44.9 Å². The first-order valence-corrected chi connectivity index (χ1v) is 13.8. The minimum atomic E-state index is -0.477. The van der Waals surface area contributed by atoms with Crippen molar-refractivity contribution in [3.63, 3.8) is 0 Å². The first kappa shape index (κ1) is 22.7. The Morgan fingerprint density at radius 2 is 1.74 bits per heavy atom. The monoisotopic (exact) mass is 463 g/mol. The van der Waals surface area contributed by atoms with Crippen LogP contribution in [0.2, 0.25) is 0 Å². The number of ketones is 1. The van der Waals surface area contributed by atoms with Crippen LogP contribution >= 0.6 is 0 Å². The van der Waals surface area contributed by atoms with Gasteiger partial charge in [0.25, 0.3) is 0 Å². The van der Waals surface area contributed by atoms with Gasteiger partial charge >= 0.3 is 0 Å². The number of hydrogen-bond donors (Lipinski definition) is 1. The van der Waals surface area contributed by atoms with E-state index in [-0.39, 0.29) is 11.3 Å². The number of hydrogen-bond acceptors (Lipinski definition) is 4. The molecule has 4 saturated carbocycles. The van der Waals surface area contributed by atoms with Crippen molar-refractivity contribution < 1.29 is 9.90 Å². The Balaban J connectivity index is 1.22. The summed E-state index contributed by atoms with van der Waals surface area (Å²) in [6, 6.07) is 7.86. The topological polar surface area (TPSA) is 68.0 Å². The highest BCUT2D eigenvalue weighted by molar-refractivity contribution is 5.82. The number of nitrogens with zero attached hydrogens (tertiary/aromatic N) is 3. The molecule has 0 bridgehead atoms. The maximum Gasteiger partial charge on any atom is 0.159 e. The van der Waals surface area contributed by atoms with Crippen LogP contribution in [0.15, 0.2) is 24.3 Å². The van der Waals surface area contributed by atoms with Crippen molar-refractivity contribution >= 4 is 16.8 Å². The molecule has 0 spiro atoms. The van der Waals surface area contributed by atoms with Crippen LogP contribution < -0.4 is 0 Å². The second kappa shape index (κ2) is 7.88. The van der Waals surface area contributed by atoms with Crippen LogP contribution in [0.1, 0.15) is 85.0 Å². The molecule has 1 aromatic carbocycles. The van der Waals surface area contributed by atoms with E-state index in [2.05, 4.69) is 31.0 Å². The summed E-state index contributed by atoms with van der Waals surface area (Å²) in [7, 11) is 0. The molecular formula is C29H41N3O2. The lowest BCUT2D eigenvalue weighted by Crippen LogP contribution is -2.56. The van der Waals surface area contributed by atoms with Crippen LogP contribution in [0.3, 0.4) is 0 Å². The molecular weight excluding hydrogens is 422 g/mol. The quantitative estimate of drug-likeness (QED) is 0.622. The second-order valence-electron chi connectivity index (χ2n) is 12.8. The number of carbonyl (C=O) groups excluding carboxylic acids is 1. The molecule has 184 valence electrons. The highest BCUT2D eigenvalue weighted by Gasteiger charge is 2.62. The van der Waals surface area contributed by atoms with Crippen molar-refractivity contribution in [2.45, 2.75) is 97.1 Å². The fraction of sp³-hybridized carbons (Fsp3) is 0.759. The van der Waals surface area contributed by atoms with Gasteiger partial charge in [-0.2, -0.15) is 15.0 Å². The van der Waals surface area contributed by atoms with E-state index in [0.29, 0.717) is 29.6 Å². The Hall–Kier alpha value is -1.75. The number of Topliss-reactive ketones (excluding diaryl/α,β-unsaturated/α-hetero) is 1. The number of aliphatic hydroxyl groups is 1. The summed E-state index contributed by atoms with van der Waals surface area (Å²) >= 11 is 0. The Morgan fingerprint density at radius 1 is 1.00 bits per heavy atom. The van der Waals surface area contributed by atoms with E-state index in [4.69, 9.17) is 0 Å². The molecule has 0 saturated heterocycles. The third-order valence-electron chi connectivity index (χ3n) is 11.3. The molecule has 8 atom stereocenters. The van der Waals surface area contributed by atoms with E-state index in [1.54, 1.807) is 4.80 Å². The lowest BCUT2D eigenvalue weighted by atomic mass is 9.42. The number of aromatic nitrogens is 3. The van der Waals surface area contributed by atoms with Gasteiger partial charge in [0.1, 0.15) is 17.6 Å². The molecule has 34 heavy (non-hydrogen) atoms. The van der Waals surface area contributed by atoms with Crippen LogP contribution in [-0.2, 0) is 11.3 Å². The van der Waals surface area contributed by atoms with Crippen molar-refractivity contribution in [3.05, 3.63) is 24.3 Å². The van der Waals surface area contributed by atoms with E-state index in [9.17, 15) is 9.90 Å². The predicted octanol–water partition coefficient (Wildman–Crippen LogP) is 5.80. The zero-order valence-corrected chi connectivity index (χ0v) is 21.2. The van der Waals surface area contributed by atoms with Gasteiger partial charge in [-0.25, -0.2) is 0 Å². The Kier molecular flexibility index (Phi) is 5.26. The van der Waals surface area contributed by atoms with Gasteiger partial charge in [-0.15, -0.1) is 0 Å². The Bertz CT molecular complexity index is 1060. The summed E-state index contributed by atoms with van der Waals surface area (Å²) in [6.07, 6.45) is 11.6. The summed E-state index contributed by atoms with van der Waals surface area (Å²) in [5.74, 6) is 3.33. The fourth-order valence-corrected chi connectivity index (χ4v) is 9.70. The number of fused-ring (bicyclic) bond motifs is 6. The summed E-state index contributed by atoms with van der Waals surface area (Å²) in [4.78, 5) is 15.2. The fourth-order valence-electron chi connectivity index (χ4n) is 9.70. The number of carbonyl (C=O) groups is 1. The molecule has 1 heterocycles. The van der Waals surface area contributed by atoms with E-state index in [0.717, 1.165) is 42.1 Å². The van der Waals surface area contributed by atoms with Crippen molar-refractivity contribution in [1.82, 2.24) is 15.0 Å². The molecule has 1 aromatic heterocycles. The summed E-state index contributed by atoms with van der Waals surface area (Å²) in [5, 5.41) is 19.9. The zero-order valence-electron chi connectivity index (χ0n) is 21.2. The molecule has 6 rings (SSSR count). The van der Waals surface area contributed by atoms with Gasteiger partial charge in [-0.05, 0) is 118 Å². The van der Waals surface area contributed by atoms with E-state index < -0.39 is 5.60 Å². The first-order chi connectivity index (χ1) is 16.3. The molecule has 5 nitrogen and oxygen atoms in total. The van der Waals surface area contributed by atoms with Gasteiger partial charge in [0.2, 0.25) is 0 Å². The zero-order chi connectivity index (χ0) is 23.7. The van der Waals surface area contributed by atoms with Gasteiger partial charge in [0.15, 0.2) is 5.78 Å². The van der Waals surface area contributed by atoms with E-state index in [1.807, 2.05) is 24.3 Å². The van der Waals surface area contributed by atoms with E-state index >= 15 is 0 Å². The third kappa shape index (κ3) is 3.32. The lowest BCUT2D eigenvalue weighted by Gasteiger charge is -2.63. The molecule has 1 N–H and O–H groups in total. The average molecular weight is 464 g/mol. The van der Waals surface area contributed by atoms with Gasteiger partial charge in [-0.1, -0.05) is 26.0 Å². The smallest absolute Gasteiger partial charge is 0.159 e. The second-order valence-corrected chi connectivity index (χ2v) is 12.8. The average Bonchev–Trinajstić information content (AvgIpc) is 3.38. The highest BCUT2D eigenvalue weighted by atomic mass is 16.3. The van der Waals surface area contributed by atoms with Crippen molar-refractivity contribution in [3.8, 4) is 0 Å². The van der Waals surface area contributed by atoms with Crippen LogP contribution in [0.4, 0.5) is 0 Å². The van der Waals surface area contributed by atoms with Crippen LogP contribution in [-0.4, -0.2) is 31.5 Å². The van der Waals surface area contributed by atoms with Crippen molar-refractivity contribution in [2.24, 2.45) is 40.4 Å². The van der Waals surface area contributed by atoms with Gasteiger partial charge in [0, 0.05) is 5.92 Å². The minimum absolute atomic E-state index is 0.118. The summed E-state index contributed by atoms with van der Waals surface area (Å²) < 4.78 is 0. The summed E-state index contributed by atoms with van der Waals surface area (Å²) in [5.41, 5.74) is 1.77. The molecule has 4 fully saturated rings. The van der Waals surface area contributed by atoms with Crippen LogP contribution in [0.25, 0.3) is 11.0 Å². The first-order valence-electron chi connectivity index (χ1n) is 13.8. The van der Waals surface area contributed by atoms with Gasteiger partial charge in [-0.3, -0.25) is 4.79 Å². The van der Waals surface area contributed by atoms with Gasteiger partial charge in [0.05, 0.1) is 5.60 Å². The van der Waals surface area contributed by atoms with Crippen molar-refractivity contribution in [2.75, 3.05) is 0 Å². The summed E-state index contributed by atoms with van der Waals surface area (Å²) in [6.45, 7) is 7.20. The molecule has 4 aliphatic carbocycles. The SMILES string of the molecule is CC[C@]12CC[C@@](C)(O)C[C@@H]1CC[C@H]1[C@@H]3CC[C@H](C(=O)Cn4nc5ccccc5n4)[C@@]3(C)CC[C@@H]12. The number of benzene rings is 1. The standard InChI is InChI=1S/C29H41N3O2/c1-4-29-16-15-27(2,34)17-19(29)9-10-20-21-11-12-23(28(21,3)14-13-22(20)29)26(33)18-32-30-24-7-5-6-8-25(24)31-32/h5-8,19-23,34H,4,9-18H2,1-3H3/t19-,20-,21-,22-,23+,27+,28-,29-/m0/s1. The molecule has 2 aromatic rings. The van der Waals surface area contributed by atoms with Crippen LogP contribution in [0.5, 0.6) is 0 Å². The predicted molar refractivity (Wildman–Crippen MR) is 133 cm³/mol. The largest absolute Gasteiger partial charge is 0.390 e. The molecule has 0 radical (unpaired) electrons. The Morgan fingerprint density at radius 3 is 2.44 bits per heavy atom. The molecule has 0 amide bonds. The normalized spacial score (nSPS) is 43.8.